The van der Waals surface area contributed by atoms with Crippen LogP contribution < -0.4 is 0 Å². The van der Waals surface area contributed by atoms with E-state index in [0.29, 0.717) is 25.9 Å². The molecule has 0 saturated heterocycles. The fourth-order valence-corrected chi connectivity index (χ4v) is 1.32. The zero-order chi connectivity index (χ0) is 12.1. The summed E-state index contributed by atoms with van der Waals surface area (Å²) < 4.78 is 4.90. The summed E-state index contributed by atoms with van der Waals surface area (Å²) in [7, 11) is 0. The molecule has 0 spiro atoms. The highest BCUT2D eigenvalue weighted by atomic mass is 16.5. The molecule has 0 aromatic carbocycles. The Morgan fingerprint density at radius 1 is 1.19 bits per heavy atom. The SMILES string of the molecule is C#CCCOC(=O)CCCCCCCC=O. The summed E-state index contributed by atoms with van der Waals surface area (Å²) in [5, 5.41) is 0. The van der Waals surface area contributed by atoms with Crippen LogP contribution in [-0.4, -0.2) is 18.9 Å². The Labute approximate surface area is 97.6 Å². The molecule has 0 aromatic heterocycles. The summed E-state index contributed by atoms with van der Waals surface area (Å²) in [6.45, 7) is 0.328. The second kappa shape index (κ2) is 11.8. The summed E-state index contributed by atoms with van der Waals surface area (Å²) in [4.78, 5) is 21.1. The molecule has 0 N–H and O–H groups in total. The average molecular weight is 224 g/mol. The van der Waals surface area contributed by atoms with Gasteiger partial charge in [-0.1, -0.05) is 19.3 Å². The van der Waals surface area contributed by atoms with Crippen molar-refractivity contribution in [1.29, 1.82) is 0 Å². The van der Waals surface area contributed by atoms with E-state index in [1.54, 1.807) is 0 Å². The molecular formula is C13H20O3. The van der Waals surface area contributed by atoms with Crippen molar-refractivity contribution in [3.05, 3.63) is 0 Å². The standard InChI is InChI=1S/C13H20O3/c1-2-3-12-16-13(15)10-8-6-4-5-7-9-11-14/h1,11H,3-10,12H2. The number of ether oxygens (including phenoxy) is 1. The molecule has 0 saturated carbocycles. The van der Waals surface area contributed by atoms with Crippen LogP contribution in [0.4, 0.5) is 0 Å². The zero-order valence-corrected chi connectivity index (χ0v) is 9.74. The van der Waals surface area contributed by atoms with Crippen LogP contribution in [0.25, 0.3) is 0 Å². The molecule has 0 aromatic rings. The minimum Gasteiger partial charge on any atom is -0.465 e. The molecule has 3 nitrogen and oxygen atoms in total. The second-order valence-electron chi connectivity index (χ2n) is 3.65. The maximum Gasteiger partial charge on any atom is 0.305 e. The van der Waals surface area contributed by atoms with E-state index in [-0.39, 0.29) is 5.97 Å². The molecule has 0 aliphatic heterocycles. The Bertz CT molecular complexity index is 228. The molecule has 0 aliphatic rings. The van der Waals surface area contributed by atoms with Crippen molar-refractivity contribution in [3.8, 4) is 12.3 Å². The Morgan fingerprint density at radius 2 is 1.88 bits per heavy atom. The first-order chi connectivity index (χ1) is 7.81. The van der Waals surface area contributed by atoms with Crippen molar-refractivity contribution in [1.82, 2.24) is 0 Å². The van der Waals surface area contributed by atoms with E-state index in [9.17, 15) is 9.59 Å². The van der Waals surface area contributed by atoms with E-state index in [4.69, 9.17) is 11.2 Å². The van der Waals surface area contributed by atoms with Crippen LogP contribution in [0.5, 0.6) is 0 Å². The number of hydrogen-bond acceptors (Lipinski definition) is 3. The number of rotatable bonds is 10. The summed E-state index contributed by atoms with van der Waals surface area (Å²) in [6.07, 6.45) is 12.5. The number of carbonyl (C=O) groups is 2. The fraction of sp³-hybridized carbons (Fsp3) is 0.692. The van der Waals surface area contributed by atoms with Crippen molar-refractivity contribution < 1.29 is 14.3 Å². The molecule has 0 bridgehead atoms. The normalized spacial score (nSPS) is 9.44. The lowest BCUT2D eigenvalue weighted by Gasteiger charge is -2.02. The van der Waals surface area contributed by atoms with Crippen LogP contribution in [0.15, 0.2) is 0 Å². The van der Waals surface area contributed by atoms with Crippen molar-refractivity contribution in [2.75, 3.05) is 6.61 Å². The van der Waals surface area contributed by atoms with Crippen molar-refractivity contribution in [2.24, 2.45) is 0 Å². The lowest BCUT2D eigenvalue weighted by Crippen LogP contribution is -2.04. The lowest BCUT2D eigenvalue weighted by atomic mass is 10.1. The van der Waals surface area contributed by atoms with Gasteiger partial charge in [0.25, 0.3) is 0 Å². The largest absolute Gasteiger partial charge is 0.465 e. The van der Waals surface area contributed by atoms with Crippen molar-refractivity contribution in [3.63, 3.8) is 0 Å². The monoisotopic (exact) mass is 224 g/mol. The number of carbonyl (C=O) groups excluding carboxylic acids is 2. The summed E-state index contributed by atoms with van der Waals surface area (Å²) in [5.74, 6) is 2.25. The molecule has 0 radical (unpaired) electrons. The van der Waals surface area contributed by atoms with Gasteiger partial charge in [0.15, 0.2) is 0 Å². The highest BCUT2D eigenvalue weighted by Crippen LogP contribution is 2.07. The first-order valence-electron chi connectivity index (χ1n) is 5.84. The molecule has 90 valence electrons. The minimum absolute atomic E-state index is 0.164. The van der Waals surface area contributed by atoms with E-state index in [2.05, 4.69) is 5.92 Å². The van der Waals surface area contributed by atoms with Crippen LogP contribution >= 0.6 is 0 Å². The van der Waals surface area contributed by atoms with Crippen molar-refractivity contribution >= 4 is 12.3 Å². The second-order valence-corrected chi connectivity index (χ2v) is 3.65. The third kappa shape index (κ3) is 10.8. The zero-order valence-electron chi connectivity index (χ0n) is 9.74. The van der Waals surface area contributed by atoms with Gasteiger partial charge in [0.2, 0.25) is 0 Å². The van der Waals surface area contributed by atoms with E-state index in [0.717, 1.165) is 38.4 Å². The average Bonchev–Trinajstić information content (AvgIpc) is 2.28. The first-order valence-corrected chi connectivity index (χ1v) is 5.84. The Kier molecular flexibility index (Phi) is 10.8. The lowest BCUT2D eigenvalue weighted by molar-refractivity contribution is -0.143. The van der Waals surface area contributed by atoms with Crippen LogP contribution in [0.3, 0.4) is 0 Å². The maximum absolute atomic E-state index is 11.1. The number of terminal acetylenes is 1. The molecule has 3 heteroatoms. The molecule has 0 heterocycles. The Hall–Kier alpha value is -1.30. The smallest absolute Gasteiger partial charge is 0.305 e. The predicted molar refractivity (Wildman–Crippen MR) is 62.8 cm³/mol. The molecule has 0 fully saturated rings. The molecule has 0 unspecified atom stereocenters. The Balaban J connectivity index is 3.15. The number of esters is 1. The fourth-order valence-electron chi connectivity index (χ4n) is 1.32. The van der Waals surface area contributed by atoms with Gasteiger partial charge < -0.3 is 9.53 Å². The van der Waals surface area contributed by atoms with Gasteiger partial charge in [-0.25, -0.2) is 0 Å². The van der Waals surface area contributed by atoms with E-state index in [1.165, 1.54) is 0 Å². The number of hydrogen-bond donors (Lipinski definition) is 0. The third-order valence-electron chi connectivity index (χ3n) is 2.21. The topological polar surface area (TPSA) is 43.4 Å². The van der Waals surface area contributed by atoms with Crippen LogP contribution in [0.2, 0.25) is 0 Å². The van der Waals surface area contributed by atoms with Gasteiger partial charge in [-0.2, -0.15) is 0 Å². The van der Waals surface area contributed by atoms with E-state index >= 15 is 0 Å². The highest BCUT2D eigenvalue weighted by Gasteiger charge is 2.01. The molecular weight excluding hydrogens is 204 g/mol. The van der Waals surface area contributed by atoms with E-state index < -0.39 is 0 Å². The maximum atomic E-state index is 11.1. The number of unbranched alkanes of at least 4 members (excludes halogenated alkanes) is 5. The molecule has 16 heavy (non-hydrogen) atoms. The van der Waals surface area contributed by atoms with Gasteiger partial charge in [-0.05, 0) is 12.8 Å². The molecule has 0 rings (SSSR count). The minimum atomic E-state index is -0.164. The van der Waals surface area contributed by atoms with Gasteiger partial charge in [0.05, 0.1) is 0 Å². The first kappa shape index (κ1) is 14.7. The van der Waals surface area contributed by atoms with Gasteiger partial charge in [-0.15, -0.1) is 12.3 Å². The quantitative estimate of drug-likeness (QED) is 0.248. The highest BCUT2D eigenvalue weighted by molar-refractivity contribution is 5.69. The van der Waals surface area contributed by atoms with Crippen molar-refractivity contribution in [2.45, 2.75) is 51.4 Å². The Morgan fingerprint density at radius 3 is 2.56 bits per heavy atom. The van der Waals surface area contributed by atoms with Crippen LogP contribution in [-0.2, 0) is 14.3 Å². The third-order valence-corrected chi connectivity index (χ3v) is 2.21. The summed E-state index contributed by atoms with van der Waals surface area (Å²) in [5.41, 5.74) is 0. The van der Waals surface area contributed by atoms with Gasteiger partial charge in [-0.3, -0.25) is 4.79 Å². The summed E-state index contributed by atoms with van der Waals surface area (Å²) >= 11 is 0. The van der Waals surface area contributed by atoms with Gasteiger partial charge in [0.1, 0.15) is 12.9 Å². The van der Waals surface area contributed by atoms with Gasteiger partial charge in [0, 0.05) is 19.3 Å². The van der Waals surface area contributed by atoms with Crippen LogP contribution in [0, 0.1) is 12.3 Å². The molecule has 0 atom stereocenters. The molecule has 0 amide bonds. The summed E-state index contributed by atoms with van der Waals surface area (Å²) in [6, 6.07) is 0. The molecule has 0 aliphatic carbocycles. The van der Waals surface area contributed by atoms with Gasteiger partial charge >= 0.3 is 5.97 Å². The van der Waals surface area contributed by atoms with E-state index in [1.807, 2.05) is 0 Å². The predicted octanol–water partition coefficient (Wildman–Crippen LogP) is 2.48. The van der Waals surface area contributed by atoms with Crippen LogP contribution in [0.1, 0.15) is 51.4 Å². The number of aldehydes is 1.